The van der Waals surface area contributed by atoms with Crippen molar-refractivity contribution in [1.29, 1.82) is 0 Å². The number of hydrogen-bond donors (Lipinski definition) is 1. The van der Waals surface area contributed by atoms with E-state index in [1.807, 2.05) is 0 Å². The highest BCUT2D eigenvalue weighted by Gasteiger charge is 2.03. The first kappa shape index (κ1) is 11.6. The average molecular weight is 232 g/mol. The summed E-state index contributed by atoms with van der Waals surface area (Å²) in [5, 5.41) is 8.62. The summed E-state index contributed by atoms with van der Waals surface area (Å²) in [6, 6.07) is 13.8. The molecular formula is C14H13FO2. The van der Waals surface area contributed by atoms with Crippen LogP contribution in [0.25, 0.3) is 11.1 Å². The second-order valence-electron chi connectivity index (χ2n) is 3.58. The van der Waals surface area contributed by atoms with Gasteiger partial charge >= 0.3 is 0 Å². The fourth-order valence-corrected chi connectivity index (χ4v) is 1.59. The molecule has 0 radical (unpaired) electrons. The molecule has 0 heterocycles. The van der Waals surface area contributed by atoms with Crippen LogP contribution in [0.1, 0.15) is 0 Å². The fourth-order valence-electron chi connectivity index (χ4n) is 1.59. The Labute approximate surface area is 99.3 Å². The van der Waals surface area contributed by atoms with Crippen LogP contribution in [0.5, 0.6) is 5.75 Å². The van der Waals surface area contributed by atoms with Crippen molar-refractivity contribution in [2.24, 2.45) is 0 Å². The zero-order valence-corrected chi connectivity index (χ0v) is 9.27. The summed E-state index contributed by atoms with van der Waals surface area (Å²) in [7, 11) is 0. The van der Waals surface area contributed by atoms with E-state index in [-0.39, 0.29) is 19.0 Å². The molecule has 0 aliphatic heterocycles. The fraction of sp³-hybridized carbons (Fsp3) is 0.143. The molecule has 0 saturated carbocycles. The van der Waals surface area contributed by atoms with Crippen molar-refractivity contribution in [2.45, 2.75) is 0 Å². The molecule has 2 aromatic rings. The van der Waals surface area contributed by atoms with Crippen LogP contribution in [0.2, 0.25) is 0 Å². The third-order valence-corrected chi connectivity index (χ3v) is 2.40. The van der Waals surface area contributed by atoms with E-state index < -0.39 is 0 Å². The van der Waals surface area contributed by atoms with Crippen LogP contribution >= 0.6 is 0 Å². The smallest absolute Gasteiger partial charge is 0.131 e. The number of aliphatic hydroxyl groups excluding tert-OH is 1. The molecule has 0 atom stereocenters. The SMILES string of the molecule is OCCOc1ccc(-c2ccccc2F)cc1. The Morgan fingerprint density at radius 1 is 1.00 bits per heavy atom. The van der Waals surface area contributed by atoms with Crippen molar-refractivity contribution < 1.29 is 14.2 Å². The predicted octanol–water partition coefficient (Wildman–Crippen LogP) is 2.86. The Bertz CT molecular complexity index is 480. The second kappa shape index (κ2) is 5.46. The minimum Gasteiger partial charge on any atom is -0.491 e. The van der Waals surface area contributed by atoms with Gasteiger partial charge in [0, 0.05) is 5.56 Å². The summed E-state index contributed by atoms with van der Waals surface area (Å²) in [6.07, 6.45) is 0. The van der Waals surface area contributed by atoms with E-state index in [9.17, 15) is 4.39 Å². The number of halogens is 1. The van der Waals surface area contributed by atoms with Gasteiger partial charge in [0.05, 0.1) is 6.61 Å². The first-order valence-electron chi connectivity index (χ1n) is 5.40. The van der Waals surface area contributed by atoms with Crippen LogP contribution in [-0.4, -0.2) is 18.3 Å². The number of rotatable bonds is 4. The maximum Gasteiger partial charge on any atom is 0.131 e. The largest absolute Gasteiger partial charge is 0.491 e. The van der Waals surface area contributed by atoms with E-state index in [4.69, 9.17) is 9.84 Å². The molecule has 3 heteroatoms. The van der Waals surface area contributed by atoms with Gasteiger partial charge in [-0.25, -0.2) is 4.39 Å². The topological polar surface area (TPSA) is 29.5 Å². The molecule has 0 aromatic heterocycles. The van der Waals surface area contributed by atoms with Crippen molar-refractivity contribution in [2.75, 3.05) is 13.2 Å². The van der Waals surface area contributed by atoms with Gasteiger partial charge in [-0.2, -0.15) is 0 Å². The van der Waals surface area contributed by atoms with Crippen LogP contribution in [0.3, 0.4) is 0 Å². The maximum absolute atomic E-state index is 13.5. The van der Waals surface area contributed by atoms with Crippen molar-refractivity contribution in [3.05, 3.63) is 54.3 Å². The number of hydrogen-bond acceptors (Lipinski definition) is 2. The summed E-state index contributed by atoms with van der Waals surface area (Å²) in [5.41, 5.74) is 1.38. The Morgan fingerprint density at radius 3 is 2.35 bits per heavy atom. The average Bonchev–Trinajstić information content (AvgIpc) is 2.38. The highest BCUT2D eigenvalue weighted by Crippen LogP contribution is 2.24. The first-order valence-corrected chi connectivity index (χ1v) is 5.40. The second-order valence-corrected chi connectivity index (χ2v) is 3.58. The van der Waals surface area contributed by atoms with Gasteiger partial charge in [-0.15, -0.1) is 0 Å². The zero-order chi connectivity index (χ0) is 12.1. The molecule has 0 aliphatic rings. The standard InChI is InChI=1S/C14H13FO2/c15-14-4-2-1-3-13(14)11-5-7-12(8-6-11)17-10-9-16/h1-8,16H,9-10H2. The monoisotopic (exact) mass is 232 g/mol. The molecule has 17 heavy (non-hydrogen) atoms. The molecular weight excluding hydrogens is 219 g/mol. The van der Waals surface area contributed by atoms with Gasteiger partial charge in [-0.05, 0) is 23.8 Å². The van der Waals surface area contributed by atoms with Crippen LogP contribution in [0.4, 0.5) is 4.39 Å². The zero-order valence-electron chi connectivity index (χ0n) is 9.27. The van der Waals surface area contributed by atoms with Crippen molar-refractivity contribution >= 4 is 0 Å². The third-order valence-electron chi connectivity index (χ3n) is 2.40. The number of aliphatic hydroxyl groups is 1. The van der Waals surface area contributed by atoms with E-state index in [0.717, 1.165) is 5.56 Å². The Hall–Kier alpha value is -1.87. The lowest BCUT2D eigenvalue weighted by molar-refractivity contribution is 0.201. The molecule has 0 fully saturated rings. The first-order chi connectivity index (χ1) is 8.31. The lowest BCUT2D eigenvalue weighted by Gasteiger charge is -2.06. The summed E-state index contributed by atoms with van der Waals surface area (Å²) >= 11 is 0. The van der Waals surface area contributed by atoms with E-state index >= 15 is 0 Å². The molecule has 0 spiro atoms. The molecule has 0 amide bonds. The Balaban J connectivity index is 2.21. The number of benzene rings is 2. The quantitative estimate of drug-likeness (QED) is 0.878. The van der Waals surface area contributed by atoms with E-state index in [1.54, 1.807) is 42.5 Å². The van der Waals surface area contributed by atoms with Gasteiger partial charge in [0.1, 0.15) is 18.2 Å². The van der Waals surface area contributed by atoms with E-state index in [0.29, 0.717) is 11.3 Å². The molecule has 0 aliphatic carbocycles. The van der Waals surface area contributed by atoms with Crippen LogP contribution < -0.4 is 4.74 Å². The van der Waals surface area contributed by atoms with Gasteiger partial charge in [-0.1, -0.05) is 30.3 Å². The van der Waals surface area contributed by atoms with Crippen molar-refractivity contribution in [1.82, 2.24) is 0 Å². The van der Waals surface area contributed by atoms with Gasteiger partial charge in [-0.3, -0.25) is 0 Å². The predicted molar refractivity (Wildman–Crippen MR) is 64.4 cm³/mol. The molecule has 1 N–H and O–H groups in total. The summed E-state index contributed by atoms with van der Waals surface area (Å²) in [5.74, 6) is 0.427. The summed E-state index contributed by atoms with van der Waals surface area (Å²) < 4.78 is 18.7. The molecule has 2 nitrogen and oxygen atoms in total. The molecule has 0 bridgehead atoms. The molecule has 2 aromatic carbocycles. The van der Waals surface area contributed by atoms with Gasteiger partial charge < -0.3 is 9.84 Å². The third kappa shape index (κ3) is 2.82. The molecule has 88 valence electrons. The van der Waals surface area contributed by atoms with Crippen molar-refractivity contribution in [3.63, 3.8) is 0 Å². The highest BCUT2D eigenvalue weighted by atomic mass is 19.1. The van der Waals surface area contributed by atoms with Gasteiger partial charge in [0.15, 0.2) is 0 Å². The molecule has 0 unspecified atom stereocenters. The normalized spacial score (nSPS) is 10.2. The van der Waals surface area contributed by atoms with Crippen LogP contribution in [-0.2, 0) is 0 Å². The van der Waals surface area contributed by atoms with Crippen LogP contribution in [0, 0.1) is 5.82 Å². The lowest BCUT2D eigenvalue weighted by Crippen LogP contribution is -2.01. The number of ether oxygens (including phenoxy) is 1. The van der Waals surface area contributed by atoms with Crippen molar-refractivity contribution in [3.8, 4) is 16.9 Å². The minimum atomic E-state index is -0.239. The Kier molecular flexibility index (Phi) is 3.73. The molecule has 0 saturated heterocycles. The van der Waals surface area contributed by atoms with Gasteiger partial charge in [0.25, 0.3) is 0 Å². The highest BCUT2D eigenvalue weighted by molar-refractivity contribution is 5.64. The van der Waals surface area contributed by atoms with E-state index in [2.05, 4.69) is 0 Å². The summed E-state index contributed by atoms with van der Waals surface area (Å²) in [4.78, 5) is 0. The van der Waals surface area contributed by atoms with Crippen LogP contribution in [0.15, 0.2) is 48.5 Å². The Morgan fingerprint density at radius 2 is 1.71 bits per heavy atom. The minimum absolute atomic E-state index is 0.0188. The lowest BCUT2D eigenvalue weighted by atomic mass is 10.1. The summed E-state index contributed by atoms with van der Waals surface area (Å²) in [6.45, 7) is 0.244. The maximum atomic E-state index is 13.5. The van der Waals surface area contributed by atoms with Gasteiger partial charge in [0.2, 0.25) is 0 Å². The molecule has 2 rings (SSSR count). The van der Waals surface area contributed by atoms with E-state index in [1.165, 1.54) is 6.07 Å².